The van der Waals surface area contributed by atoms with Gasteiger partial charge in [0.2, 0.25) is 10.0 Å². The average molecular weight is 500 g/mol. The number of hydrogen-bond acceptors (Lipinski definition) is 6. The summed E-state index contributed by atoms with van der Waals surface area (Å²) in [5.74, 6) is -0.910. The number of hydrogen-bond donors (Lipinski definition) is 1. The maximum Gasteiger partial charge on any atom is 0.337 e. The van der Waals surface area contributed by atoms with Gasteiger partial charge in [-0.3, -0.25) is 9.10 Å². The molecule has 3 rings (SSSR count). The molecule has 0 radical (unpaired) electrons. The van der Waals surface area contributed by atoms with Gasteiger partial charge in [-0.1, -0.05) is 41.9 Å². The molecule has 1 amide bonds. The first-order valence-corrected chi connectivity index (χ1v) is 12.2. The average Bonchev–Trinajstić information content (AvgIpc) is 2.83. The first-order chi connectivity index (χ1) is 16.2. The quantitative estimate of drug-likeness (QED) is 0.288. The molecule has 0 bridgehead atoms. The predicted molar refractivity (Wildman–Crippen MR) is 132 cm³/mol. The van der Waals surface area contributed by atoms with Gasteiger partial charge in [-0.15, -0.1) is 0 Å². The third-order valence-corrected chi connectivity index (χ3v) is 6.31. The van der Waals surface area contributed by atoms with Crippen LogP contribution in [-0.4, -0.2) is 39.9 Å². The number of anilines is 1. The molecule has 0 spiro atoms. The van der Waals surface area contributed by atoms with Gasteiger partial charge in [0.25, 0.3) is 5.91 Å². The van der Waals surface area contributed by atoms with Crippen LogP contribution in [0, 0.1) is 0 Å². The lowest BCUT2D eigenvalue weighted by atomic mass is 10.1. The Labute approximate surface area is 202 Å². The molecule has 0 saturated heterocycles. The lowest BCUT2D eigenvalue weighted by Gasteiger charge is -2.23. The lowest BCUT2D eigenvalue weighted by Crippen LogP contribution is -2.29. The number of hydrazone groups is 1. The molecule has 3 aromatic rings. The molecule has 0 aliphatic carbocycles. The number of carbonyl (C=O) groups is 2. The van der Waals surface area contributed by atoms with Gasteiger partial charge >= 0.3 is 5.97 Å². The summed E-state index contributed by atoms with van der Waals surface area (Å²) in [6.07, 6.45) is 2.54. The predicted octanol–water partition coefficient (Wildman–Crippen LogP) is 3.86. The van der Waals surface area contributed by atoms with Crippen molar-refractivity contribution in [1.29, 1.82) is 0 Å². The van der Waals surface area contributed by atoms with Gasteiger partial charge in [0.05, 0.1) is 37.4 Å². The van der Waals surface area contributed by atoms with Gasteiger partial charge in [-0.2, -0.15) is 5.10 Å². The summed E-state index contributed by atoms with van der Waals surface area (Å²) < 4.78 is 30.6. The number of amides is 1. The minimum absolute atomic E-state index is 0.0586. The molecule has 10 heteroatoms. The van der Waals surface area contributed by atoms with Crippen molar-refractivity contribution in [2.75, 3.05) is 17.7 Å². The second-order valence-electron chi connectivity index (χ2n) is 7.22. The van der Waals surface area contributed by atoms with Crippen molar-refractivity contribution in [2.45, 2.75) is 6.54 Å². The van der Waals surface area contributed by atoms with Crippen LogP contribution in [0.3, 0.4) is 0 Å². The molecule has 0 fully saturated rings. The normalized spacial score (nSPS) is 11.3. The third kappa shape index (κ3) is 6.43. The largest absolute Gasteiger partial charge is 0.465 e. The van der Waals surface area contributed by atoms with E-state index < -0.39 is 21.9 Å². The van der Waals surface area contributed by atoms with Crippen molar-refractivity contribution in [2.24, 2.45) is 5.10 Å². The van der Waals surface area contributed by atoms with Crippen LogP contribution in [0.25, 0.3) is 0 Å². The smallest absolute Gasteiger partial charge is 0.337 e. The van der Waals surface area contributed by atoms with Crippen molar-refractivity contribution in [3.8, 4) is 0 Å². The van der Waals surface area contributed by atoms with Gasteiger partial charge < -0.3 is 4.74 Å². The fourth-order valence-electron chi connectivity index (χ4n) is 3.01. The Kier molecular flexibility index (Phi) is 8.04. The van der Waals surface area contributed by atoms with Gasteiger partial charge in [-0.05, 0) is 53.6 Å². The fraction of sp³-hybridized carbons (Fsp3) is 0.125. The highest BCUT2D eigenvalue weighted by molar-refractivity contribution is 7.92. The van der Waals surface area contributed by atoms with Gasteiger partial charge in [0, 0.05) is 10.6 Å². The van der Waals surface area contributed by atoms with Crippen LogP contribution in [0.2, 0.25) is 5.02 Å². The Bertz CT molecular complexity index is 1310. The molecule has 0 aromatic heterocycles. The van der Waals surface area contributed by atoms with Crippen LogP contribution in [-0.2, 0) is 21.3 Å². The molecule has 3 aromatic carbocycles. The van der Waals surface area contributed by atoms with Crippen LogP contribution in [0.15, 0.2) is 77.9 Å². The number of methoxy groups -OCH3 is 1. The number of halogens is 1. The number of nitrogens with zero attached hydrogens (tertiary/aromatic N) is 2. The zero-order valence-electron chi connectivity index (χ0n) is 18.4. The minimum atomic E-state index is -3.60. The lowest BCUT2D eigenvalue weighted by molar-refractivity contribution is 0.0600. The number of benzene rings is 3. The summed E-state index contributed by atoms with van der Waals surface area (Å²) in [6, 6.07) is 19.6. The number of esters is 1. The number of sulfonamides is 1. The zero-order valence-corrected chi connectivity index (χ0v) is 20.0. The van der Waals surface area contributed by atoms with Crippen molar-refractivity contribution >= 4 is 45.4 Å². The van der Waals surface area contributed by atoms with Crippen LogP contribution in [0.5, 0.6) is 0 Å². The Balaban J connectivity index is 1.68. The molecule has 176 valence electrons. The topological polar surface area (TPSA) is 105 Å². The first-order valence-electron chi connectivity index (χ1n) is 10.0. The number of carbonyl (C=O) groups excluding carboxylic acids is 2. The fourth-order valence-corrected chi connectivity index (χ4v) is 4.09. The maximum absolute atomic E-state index is 12.4. The molecular formula is C24H22ClN3O5S. The first kappa shape index (κ1) is 24.9. The molecule has 0 unspecified atom stereocenters. The second kappa shape index (κ2) is 11.0. The van der Waals surface area contributed by atoms with E-state index in [1.807, 2.05) is 0 Å². The van der Waals surface area contributed by atoms with E-state index in [4.69, 9.17) is 11.6 Å². The van der Waals surface area contributed by atoms with Gasteiger partial charge in [0.15, 0.2) is 0 Å². The van der Waals surface area contributed by atoms with Crippen molar-refractivity contribution in [3.63, 3.8) is 0 Å². The van der Waals surface area contributed by atoms with Gasteiger partial charge in [0.1, 0.15) is 0 Å². The van der Waals surface area contributed by atoms with Gasteiger partial charge in [-0.25, -0.2) is 18.6 Å². The molecule has 0 heterocycles. The van der Waals surface area contributed by atoms with Crippen LogP contribution in [0.1, 0.15) is 31.8 Å². The molecule has 0 aliphatic rings. The SMILES string of the molecule is COC(=O)c1ccc(/C=N\NC(=O)c2ccc(N(Cc3ccccc3Cl)S(C)(=O)=O)cc2)cc1. The van der Waals surface area contributed by atoms with Crippen LogP contribution in [0.4, 0.5) is 5.69 Å². The second-order valence-corrected chi connectivity index (χ2v) is 9.53. The highest BCUT2D eigenvalue weighted by Crippen LogP contribution is 2.24. The maximum atomic E-state index is 12.4. The third-order valence-electron chi connectivity index (χ3n) is 4.80. The van der Waals surface area contributed by atoms with E-state index in [-0.39, 0.29) is 6.54 Å². The van der Waals surface area contributed by atoms with E-state index in [1.54, 1.807) is 60.7 Å². The zero-order chi connectivity index (χ0) is 24.7. The minimum Gasteiger partial charge on any atom is -0.465 e. The van der Waals surface area contributed by atoms with Crippen molar-refractivity contribution < 1.29 is 22.7 Å². The molecule has 0 aliphatic heterocycles. The molecular weight excluding hydrogens is 478 g/mol. The van der Waals surface area contributed by atoms with E-state index in [2.05, 4.69) is 15.3 Å². The Morgan fingerprint density at radius 1 is 1.00 bits per heavy atom. The Morgan fingerprint density at radius 2 is 1.62 bits per heavy atom. The number of ether oxygens (including phenoxy) is 1. The summed E-state index contributed by atoms with van der Waals surface area (Å²) in [7, 11) is -2.30. The molecule has 8 nitrogen and oxygen atoms in total. The summed E-state index contributed by atoms with van der Waals surface area (Å²) >= 11 is 6.19. The van der Waals surface area contributed by atoms with E-state index >= 15 is 0 Å². The molecule has 0 saturated carbocycles. The number of nitrogens with one attached hydrogen (secondary N) is 1. The van der Waals surface area contributed by atoms with Crippen molar-refractivity contribution in [1.82, 2.24) is 5.43 Å². The van der Waals surface area contributed by atoms with Crippen molar-refractivity contribution in [3.05, 3.63) is 100 Å². The molecule has 1 N–H and O–H groups in total. The number of rotatable bonds is 8. The standard InChI is InChI=1S/C24H22ClN3O5S/c1-33-24(30)19-9-7-17(8-10-19)15-26-27-23(29)18-11-13-21(14-12-18)28(34(2,31)32)16-20-5-3-4-6-22(20)25/h3-15H,16H2,1-2H3,(H,27,29)/b26-15-. The van der Waals surface area contributed by atoms with E-state index in [9.17, 15) is 18.0 Å². The highest BCUT2D eigenvalue weighted by atomic mass is 35.5. The monoisotopic (exact) mass is 499 g/mol. The van der Waals surface area contributed by atoms with E-state index in [0.29, 0.717) is 33.0 Å². The molecule has 0 atom stereocenters. The Morgan fingerprint density at radius 3 is 2.21 bits per heavy atom. The van der Waals surface area contributed by atoms with E-state index in [1.165, 1.54) is 29.8 Å². The summed E-state index contributed by atoms with van der Waals surface area (Å²) in [5, 5.41) is 4.38. The summed E-state index contributed by atoms with van der Waals surface area (Å²) in [6.45, 7) is 0.0586. The van der Waals surface area contributed by atoms with E-state index in [0.717, 1.165) is 6.26 Å². The Hall–Kier alpha value is -3.69. The summed E-state index contributed by atoms with van der Waals surface area (Å²) in [5.41, 5.74) is 4.84. The molecule has 34 heavy (non-hydrogen) atoms. The highest BCUT2D eigenvalue weighted by Gasteiger charge is 2.19. The summed E-state index contributed by atoms with van der Waals surface area (Å²) in [4.78, 5) is 23.9. The van der Waals surface area contributed by atoms with Crippen LogP contribution < -0.4 is 9.73 Å². The van der Waals surface area contributed by atoms with Crippen LogP contribution >= 0.6 is 11.6 Å².